The molecule has 0 saturated heterocycles. The zero-order valence-corrected chi connectivity index (χ0v) is 14.7. The molecule has 0 radical (unpaired) electrons. The minimum absolute atomic E-state index is 0.368. The van der Waals surface area contributed by atoms with E-state index in [4.69, 9.17) is 15.2 Å². The molecule has 0 aliphatic rings. The van der Waals surface area contributed by atoms with Gasteiger partial charge in [0, 0.05) is 8.04 Å². The monoisotopic (exact) mass is 449 g/mol. The highest BCUT2D eigenvalue weighted by Gasteiger charge is 2.20. The smallest absolute Gasteiger partial charge is 0.240 e. The Morgan fingerprint density at radius 1 is 1.30 bits per heavy atom. The van der Waals surface area contributed by atoms with Crippen LogP contribution in [0.2, 0.25) is 0 Å². The van der Waals surface area contributed by atoms with Gasteiger partial charge in [0.05, 0.1) is 26.5 Å². The molecule has 1 aromatic carbocycles. The van der Waals surface area contributed by atoms with E-state index in [-0.39, 0.29) is 0 Å². The van der Waals surface area contributed by atoms with Gasteiger partial charge in [0.25, 0.3) is 0 Å². The maximum absolute atomic E-state index is 6.30. The molecule has 1 unspecified atom stereocenters. The molecule has 2 aromatic rings. The van der Waals surface area contributed by atoms with E-state index in [1.165, 1.54) is 20.4 Å². The summed E-state index contributed by atoms with van der Waals surface area (Å²) in [5, 5.41) is 0. The first-order chi connectivity index (χ1) is 9.56. The molecular formula is C13H13BrIN3O2. The van der Waals surface area contributed by atoms with E-state index in [1.807, 2.05) is 18.2 Å². The second-order valence-electron chi connectivity index (χ2n) is 3.95. The van der Waals surface area contributed by atoms with Gasteiger partial charge in [0.15, 0.2) is 0 Å². The molecule has 0 saturated carbocycles. The summed E-state index contributed by atoms with van der Waals surface area (Å²) in [7, 11) is 3.06. The van der Waals surface area contributed by atoms with E-state index in [0.29, 0.717) is 17.5 Å². The van der Waals surface area contributed by atoms with Crippen LogP contribution in [0, 0.1) is 3.57 Å². The molecule has 1 heterocycles. The first-order valence-electron chi connectivity index (χ1n) is 5.72. The van der Waals surface area contributed by atoms with E-state index < -0.39 is 6.04 Å². The third-order valence-electron chi connectivity index (χ3n) is 2.74. The van der Waals surface area contributed by atoms with Gasteiger partial charge in [-0.25, -0.2) is 4.98 Å². The van der Waals surface area contributed by atoms with Crippen molar-refractivity contribution >= 4 is 38.5 Å². The van der Waals surface area contributed by atoms with E-state index >= 15 is 0 Å². The summed E-state index contributed by atoms with van der Waals surface area (Å²) in [6.45, 7) is 0. The lowest BCUT2D eigenvalue weighted by atomic mass is 10.0. The lowest BCUT2D eigenvalue weighted by molar-refractivity contribution is 0.355. The number of nitrogens with two attached hydrogens (primary N) is 1. The second-order valence-corrected chi connectivity index (χ2v) is 6.03. The predicted octanol–water partition coefficient (Wildman–Crippen LogP) is 2.91. The van der Waals surface area contributed by atoms with Crippen molar-refractivity contribution in [2.45, 2.75) is 6.04 Å². The normalized spacial score (nSPS) is 12.1. The third kappa shape index (κ3) is 3.21. The molecule has 2 rings (SSSR count). The summed E-state index contributed by atoms with van der Waals surface area (Å²) in [5.74, 6) is 0.759. The highest BCUT2D eigenvalue weighted by molar-refractivity contribution is 14.1. The van der Waals surface area contributed by atoms with Crippen LogP contribution in [0.3, 0.4) is 0 Å². The first kappa shape index (κ1) is 15.5. The van der Waals surface area contributed by atoms with Crippen molar-refractivity contribution in [1.82, 2.24) is 9.97 Å². The second kappa shape index (κ2) is 6.68. The van der Waals surface area contributed by atoms with Crippen LogP contribution in [-0.4, -0.2) is 24.2 Å². The summed E-state index contributed by atoms with van der Waals surface area (Å²) in [5.41, 5.74) is 7.83. The van der Waals surface area contributed by atoms with Crippen molar-refractivity contribution in [3.8, 4) is 11.8 Å². The Morgan fingerprint density at radius 2 is 2.05 bits per heavy atom. The highest BCUT2D eigenvalue weighted by Crippen LogP contribution is 2.30. The Morgan fingerprint density at radius 3 is 2.70 bits per heavy atom. The van der Waals surface area contributed by atoms with E-state index in [1.54, 1.807) is 0 Å². The Bertz CT molecular complexity index is 625. The average Bonchev–Trinajstić information content (AvgIpc) is 2.48. The van der Waals surface area contributed by atoms with Gasteiger partial charge in [-0.2, -0.15) is 4.98 Å². The molecule has 2 N–H and O–H groups in total. The van der Waals surface area contributed by atoms with Gasteiger partial charge >= 0.3 is 0 Å². The highest BCUT2D eigenvalue weighted by atomic mass is 127. The number of hydrogen-bond acceptors (Lipinski definition) is 5. The largest absolute Gasteiger partial charge is 0.480 e. The molecular weight excluding hydrogens is 437 g/mol. The van der Waals surface area contributed by atoms with Crippen molar-refractivity contribution < 1.29 is 9.47 Å². The minimum atomic E-state index is -0.423. The van der Waals surface area contributed by atoms with Crippen molar-refractivity contribution in [3.05, 3.63) is 43.7 Å². The molecule has 0 spiro atoms. The van der Waals surface area contributed by atoms with E-state index in [2.05, 4.69) is 48.5 Å². The van der Waals surface area contributed by atoms with Crippen molar-refractivity contribution in [2.75, 3.05) is 14.2 Å². The summed E-state index contributed by atoms with van der Waals surface area (Å²) in [6.07, 6.45) is 1.53. The molecule has 106 valence electrons. The number of hydrogen-bond donors (Lipinski definition) is 1. The predicted molar refractivity (Wildman–Crippen MR) is 88.0 cm³/mol. The van der Waals surface area contributed by atoms with Crippen LogP contribution in [0.4, 0.5) is 0 Å². The lowest BCUT2D eigenvalue weighted by Crippen LogP contribution is -2.17. The molecule has 1 atom stereocenters. The Kier molecular flexibility index (Phi) is 5.17. The van der Waals surface area contributed by atoms with Crippen molar-refractivity contribution in [1.29, 1.82) is 0 Å². The lowest BCUT2D eigenvalue weighted by Gasteiger charge is -2.16. The number of aromatic nitrogens is 2. The van der Waals surface area contributed by atoms with Crippen LogP contribution < -0.4 is 15.2 Å². The van der Waals surface area contributed by atoms with Gasteiger partial charge in [-0.15, -0.1) is 0 Å². The van der Waals surface area contributed by atoms with Crippen molar-refractivity contribution in [2.24, 2.45) is 5.73 Å². The summed E-state index contributed by atoms with van der Waals surface area (Å²) in [6, 6.07) is 5.50. The molecule has 0 bridgehead atoms. The Hall–Kier alpha value is -0.930. The number of ether oxygens (including phenoxy) is 2. The van der Waals surface area contributed by atoms with E-state index in [0.717, 1.165) is 13.6 Å². The summed E-state index contributed by atoms with van der Waals surface area (Å²) in [4.78, 5) is 8.52. The maximum atomic E-state index is 6.30. The number of benzene rings is 1. The van der Waals surface area contributed by atoms with E-state index in [9.17, 15) is 0 Å². The number of nitrogens with zero attached hydrogens (tertiary/aromatic N) is 2. The van der Waals surface area contributed by atoms with Gasteiger partial charge in [0.1, 0.15) is 5.69 Å². The molecule has 7 heteroatoms. The fourth-order valence-corrected chi connectivity index (χ4v) is 2.78. The maximum Gasteiger partial charge on any atom is 0.240 e. The fourth-order valence-electron chi connectivity index (χ4n) is 1.73. The Balaban J connectivity index is 2.47. The molecule has 0 aliphatic carbocycles. The minimum Gasteiger partial charge on any atom is -0.480 e. The standard InChI is InChI=1S/C13H13BrIN3O2/c1-19-10-6-17-12(13(18-10)20-2)11(16)8-5-7(14)3-4-9(8)15/h3-6,11H,16H2,1-2H3. The Labute approximate surface area is 139 Å². The van der Waals surface area contributed by atoms with Crippen LogP contribution in [0.5, 0.6) is 11.8 Å². The molecule has 5 nitrogen and oxygen atoms in total. The SMILES string of the molecule is COc1cnc(C(N)c2cc(Br)ccc2I)c(OC)n1. The van der Waals surface area contributed by atoms with Crippen LogP contribution in [0.15, 0.2) is 28.9 Å². The third-order valence-corrected chi connectivity index (χ3v) is 4.21. The number of rotatable bonds is 4. The van der Waals surface area contributed by atoms with Gasteiger partial charge in [-0.1, -0.05) is 15.9 Å². The number of halogens is 2. The van der Waals surface area contributed by atoms with Gasteiger partial charge < -0.3 is 15.2 Å². The zero-order chi connectivity index (χ0) is 14.7. The van der Waals surface area contributed by atoms with Gasteiger partial charge in [-0.05, 0) is 46.4 Å². The van der Waals surface area contributed by atoms with Crippen LogP contribution in [-0.2, 0) is 0 Å². The van der Waals surface area contributed by atoms with Gasteiger partial charge in [0.2, 0.25) is 11.8 Å². The molecule has 0 amide bonds. The van der Waals surface area contributed by atoms with Crippen LogP contribution >= 0.6 is 38.5 Å². The van der Waals surface area contributed by atoms with Crippen LogP contribution in [0.1, 0.15) is 17.3 Å². The molecule has 0 aliphatic heterocycles. The topological polar surface area (TPSA) is 70.3 Å². The quantitative estimate of drug-likeness (QED) is 0.726. The summed E-state index contributed by atoms with van der Waals surface area (Å²) >= 11 is 5.69. The molecule has 1 aromatic heterocycles. The van der Waals surface area contributed by atoms with Crippen molar-refractivity contribution in [3.63, 3.8) is 0 Å². The molecule has 20 heavy (non-hydrogen) atoms. The first-order valence-corrected chi connectivity index (χ1v) is 7.59. The molecule has 0 fully saturated rings. The fraction of sp³-hybridized carbons (Fsp3) is 0.231. The zero-order valence-electron chi connectivity index (χ0n) is 10.9. The average molecular weight is 450 g/mol. The van der Waals surface area contributed by atoms with Crippen LogP contribution in [0.25, 0.3) is 0 Å². The summed E-state index contributed by atoms with van der Waals surface area (Å²) < 4.78 is 12.3. The number of methoxy groups -OCH3 is 2. The van der Waals surface area contributed by atoms with Gasteiger partial charge in [-0.3, -0.25) is 0 Å².